The van der Waals surface area contributed by atoms with E-state index in [1.54, 1.807) is 0 Å². The molecular formula is C10H11NO2. The number of aldehydes is 1. The highest BCUT2D eigenvalue weighted by molar-refractivity contribution is 5.68. The van der Waals surface area contributed by atoms with Gasteiger partial charge in [0.15, 0.2) is 0 Å². The fourth-order valence-electron chi connectivity index (χ4n) is 1.38. The zero-order valence-corrected chi connectivity index (χ0v) is 7.19. The van der Waals surface area contributed by atoms with Gasteiger partial charge in [0.1, 0.15) is 12.0 Å². The van der Waals surface area contributed by atoms with Crippen LogP contribution in [-0.4, -0.2) is 18.9 Å². The molecule has 0 saturated carbocycles. The molecule has 3 nitrogen and oxygen atoms in total. The van der Waals surface area contributed by atoms with E-state index < -0.39 is 0 Å². The van der Waals surface area contributed by atoms with Crippen molar-refractivity contribution in [3.63, 3.8) is 0 Å². The van der Waals surface area contributed by atoms with Gasteiger partial charge in [0.2, 0.25) is 0 Å². The number of carbonyl (C=O) groups excluding carboxylic acids is 1. The van der Waals surface area contributed by atoms with Gasteiger partial charge in [0.25, 0.3) is 0 Å². The van der Waals surface area contributed by atoms with Crippen LogP contribution in [0.15, 0.2) is 24.3 Å². The Morgan fingerprint density at radius 2 is 2.31 bits per heavy atom. The van der Waals surface area contributed by atoms with Crippen molar-refractivity contribution < 1.29 is 9.53 Å². The summed E-state index contributed by atoms with van der Waals surface area (Å²) in [6, 6.07) is 7.53. The molecule has 1 unspecified atom stereocenters. The number of anilines is 1. The SMILES string of the molecule is O=CC1CCOc2ccccc2N1. The first-order valence-corrected chi connectivity index (χ1v) is 4.34. The molecule has 1 aliphatic heterocycles. The maximum Gasteiger partial charge on any atom is 0.142 e. The number of ether oxygens (including phenoxy) is 1. The lowest BCUT2D eigenvalue weighted by molar-refractivity contribution is -0.108. The maximum absolute atomic E-state index is 10.6. The molecule has 0 aromatic heterocycles. The molecule has 1 atom stereocenters. The van der Waals surface area contributed by atoms with Crippen LogP contribution in [0, 0.1) is 0 Å². The molecule has 3 heteroatoms. The van der Waals surface area contributed by atoms with E-state index in [0.29, 0.717) is 6.61 Å². The lowest BCUT2D eigenvalue weighted by Crippen LogP contribution is -2.20. The van der Waals surface area contributed by atoms with Gasteiger partial charge in [0, 0.05) is 6.42 Å². The van der Waals surface area contributed by atoms with Crippen molar-refractivity contribution >= 4 is 12.0 Å². The summed E-state index contributed by atoms with van der Waals surface area (Å²) in [6.07, 6.45) is 1.64. The lowest BCUT2D eigenvalue weighted by Gasteiger charge is -2.09. The molecule has 2 rings (SSSR count). The summed E-state index contributed by atoms with van der Waals surface area (Å²) in [5.74, 6) is 0.826. The van der Waals surface area contributed by atoms with Gasteiger partial charge in [-0.25, -0.2) is 0 Å². The Morgan fingerprint density at radius 3 is 3.15 bits per heavy atom. The minimum atomic E-state index is -0.122. The summed E-state index contributed by atoms with van der Waals surface area (Å²) in [7, 11) is 0. The Labute approximate surface area is 76.7 Å². The summed E-state index contributed by atoms with van der Waals surface area (Å²) in [5.41, 5.74) is 0.900. The van der Waals surface area contributed by atoms with E-state index in [4.69, 9.17) is 4.74 Å². The molecule has 1 aromatic rings. The van der Waals surface area contributed by atoms with E-state index in [-0.39, 0.29) is 6.04 Å². The van der Waals surface area contributed by atoms with E-state index in [2.05, 4.69) is 5.32 Å². The Morgan fingerprint density at radius 1 is 1.46 bits per heavy atom. The Kier molecular flexibility index (Phi) is 2.17. The molecule has 1 heterocycles. The van der Waals surface area contributed by atoms with Gasteiger partial charge >= 0.3 is 0 Å². The maximum atomic E-state index is 10.6. The first-order chi connectivity index (χ1) is 6.40. The Bertz CT molecular complexity index is 312. The van der Waals surface area contributed by atoms with Gasteiger partial charge in [-0.2, -0.15) is 0 Å². The van der Waals surface area contributed by atoms with Crippen molar-refractivity contribution in [1.82, 2.24) is 0 Å². The summed E-state index contributed by atoms with van der Waals surface area (Å²) in [4.78, 5) is 10.6. The molecule has 0 radical (unpaired) electrons. The van der Waals surface area contributed by atoms with Crippen LogP contribution in [0.1, 0.15) is 6.42 Å². The van der Waals surface area contributed by atoms with Crippen molar-refractivity contribution in [3.05, 3.63) is 24.3 Å². The van der Waals surface area contributed by atoms with E-state index in [9.17, 15) is 4.79 Å². The fourth-order valence-corrected chi connectivity index (χ4v) is 1.38. The number of benzene rings is 1. The molecule has 0 amide bonds. The number of hydrogen-bond donors (Lipinski definition) is 1. The first kappa shape index (κ1) is 8.10. The van der Waals surface area contributed by atoms with Crippen LogP contribution in [0.4, 0.5) is 5.69 Å². The van der Waals surface area contributed by atoms with Crippen molar-refractivity contribution in [3.8, 4) is 5.75 Å². The second kappa shape index (κ2) is 3.47. The van der Waals surface area contributed by atoms with E-state index in [0.717, 1.165) is 24.1 Å². The monoisotopic (exact) mass is 177 g/mol. The highest BCUT2D eigenvalue weighted by Crippen LogP contribution is 2.26. The largest absolute Gasteiger partial charge is 0.491 e. The Hall–Kier alpha value is -1.51. The molecule has 13 heavy (non-hydrogen) atoms. The third-order valence-corrected chi connectivity index (χ3v) is 2.08. The summed E-state index contributed by atoms with van der Waals surface area (Å²) < 4.78 is 5.46. The van der Waals surface area contributed by atoms with Crippen LogP contribution in [0.3, 0.4) is 0 Å². The molecule has 1 aromatic carbocycles. The van der Waals surface area contributed by atoms with E-state index in [1.165, 1.54) is 0 Å². The van der Waals surface area contributed by atoms with Crippen molar-refractivity contribution in [2.75, 3.05) is 11.9 Å². The average molecular weight is 177 g/mol. The van der Waals surface area contributed by atoms with Gasteiger partial charge in [0.05, 0.1) is 18.3 Å². The third kappa shape index (κ3) is 1.64. The number of hydrogen-bond acceptors (Lipinski definition) is 3. The summed E-state index contributed by atoms with van der Waals surface area (Å²) in [5, 5.41) is 3.12. The zero-order valence-electron chi connectivity index (χ0n) is 7.19. The van der Waals surface area contributed by atoms with Gasteiger partial charge in [-0.1, -0.05) is 12.1 Å². The van der Waals surface area contributed by atoms with Gasteiger partial charge in [-0.05, 0) is 12.1 Å². The number of fused-ring (bicyclic) bond motifs is 1. The van der Waals surface area contributed by atoms with Crippen LogP contribution in [0.5, 0.6) is 5.75 Å². The molecule has 1 N–H and O–H groups in total. The lowest BCUT2D eigenvalue weighted by atomic mass is 10.2. The Balaban J connectivity index is 2.28. The standard InChI is InChI=1S/C10H11NO2/c12-7-8-5-6-13-10-4-2-1-3-9(10)11-8/h1-4,7-8,11H,5-6H2. The highest BCUT2D eigenvalue weighted by Gasteiger charge is 2.14. The van der Waals surface area contributed by atoms with Crippen LogP contribution >= 0.6 is 0 Å². The molecule has 0 saturated heterocycles. The normalized spacial score (nSPS) is 20.5. The predicted octanol–water partition coefficient (Wildman–Crippen LogP) is 1.45. The smallest absolute Gasteiger partial charge is 0.142 e. The molecule has 1 aliphatic rings. The number of nitrogens with one attached hydrogen (secondary N) is 1. The topological polar surface area (TPSA) is 38.3 Å². The minimum Gasteiger partial charge on any atom is -0.491 e. The molecule has 0 aliphatic carbocycles. The van der Waals surface area contributed by atoms with Crippen LogP contribution in [0.2, 0.25) is 0 Å². The number of para-hydroxylation sites is 2. The molecule has 0 spiro atoms. The van der Waals surface area contributed by atoms with Crippen molar-refractivity contribution in [1.29, 1.82) is 0 Å². The fraction of sp³-hybridized carbons (Fsp3) is 0.300. The van der Waals surface area contributed by atoms with Crippen LogP contribution in [0.25, 0.3) is 0 Å². The highest BCUT2D eigenvalue weighted by atomic mass is 16.5. The van der Waals surface area contributed by atoms with Crippen molar-refractivity contribution in [2.24, 2.45) is 0 Å². The van der Waals surface area contributed by atoms with E-state index >= 15 is 0 Å². The van der Waals surface area contributed by atoms with E-state index in [1.807, 2.05) is 24.3 Å². The first-order valence-electron chi connectivity index (χ1n) is 4.34. The summed E-state index contributed by atoms with van der Waals surface area (Å²) >= 11 is 0. The van der Waals surface area contributed by atoms with Crippen molar-refractivity contribution in [2.45, 2.75) is 12.5 Å². The third-order valence-electron chi connectivity index (χ3n) is 2.08. The predicted molar refractivity (Wildman–Crippen MR) is 50.0 cm³/mol. The van der Waals surface area contributed by atoms with Crippen LogP contribution < -0.4 is 10.1 Å². The molecule has 0 fully saturated rings. The second-order valence-electron chi connectivity index (χ2n) is 3.02. The van der Waals surface area contributed by atoms with Gasteiger partial charge < -0.3 is 14.8 Å². The minimum absolute atomic E-state index is 0.122. The van der Waals surface area contributed by atoms with Crippen LogP contribution in [-0.2, 0) is 4.79 Å². The van der Waals surface area contributed by atoms with Gasteiger partial charge in [-0.3, -0.25) is 0 Å². The molecule has 68 valence electrons. The van der Waals surface area contributed by atoms with Gasteiger partial charge in [-0.15, -0.1) is 0 Å². The number of rotatable bonds is 1. The average Bonchev–Trinajstić information content (AvgIpc) is 2.38. The quantitative estimate of drug-likeness (QED) is 0.660. The zero-order chi connectivity index (χ0) is 9.10. The summed E-state index contributed by atoms with van der Waals surface area (Å²) in [6.45, 7) is 0.591. The molecular weight excluding hydrogens is 166 g/mol. The molecule has 0 bridgehead atoms. The second-order valence-corrected chi connectivity index (χ2v) is 3.02. The number of carbonyl (C=O) groups is 1.